The Morgan fingerprint density at radius 3 is 2.26 bits per heavy atom. The minimum Gasteiger partial charge on any atom is -0.393 e. The number of rotatable bonds is 2. The van der Waals surface area contributed by atoms with Crippen molar-refractivity contribution in [3.63, 3.8) is 0 Å². The van der Waals surface area contributed by atoms with Gasteiger partial charge in [0.1, 0.15) is 6.54 Å². The highest BCUT2D eigenvalue weighted by Crippen LogP contribution is 2.72. The monoisotopic (exact) mass is 279 g/mol. The summed E-state index contributed by atoms with van der Waals surface area (Å²) in [5.41, 5.74) is -1.79. The van der Waals surface area contributed by atoms with Crippen LogP contribution in [0, 0.1) is 16.2 Å². The van der Waals surface area contributed by atoms with E-state index in [-0.39, 0.29) is 6.42 Å². The average molecular weight is 279 g/mol. The van der Waals surface area contributed by atoms with Crippen molar-refractivity contribution in [2.75, 3.05) is 6.54 Å². The smallest absolute Gasteiger partial charge is 0.393 e. The van der Waals surface area contributed by atoms with Crippen LogP contribution in [0.15, 0.2) is 0 Å². The predicted molar refractivity (Wildman–Crippen MR) is 63.2 cm³/mol. The Kier molecular flexibility index (Phi) is 2.98. The number of hydrogen-bond donors (Lipinski definition) is 2. The van der Waals surface area contributed by atoms with Gasteiger partial charge in [-0.25, -0.2) is 0 Å². The van der Waals surface area contributed by atoms with Crippen LogP contribution < -0.4 is 5.32 Å². The van der Waals surface area contributed by atoms with Gasteiger partial charge in [-0.05, 0) is 30.1 Å². The first kappa shape index (κ1) is 14.6. The zero-order valence-corrected chi connectivity index (χ0v) is 11.4. The summed E-state index contributed by atoms with van der Waals surface area (Å²) in [4.78, 5) is 12.3. The van der Waals surface area contributed by atoms with Crippen LogP contribution in [0.2, 0.25) is 0 Å². The number of aliphatic hydroxyl groups excluding tert-OH is 1. The van der Waals surface area contributed by atoms with Gasteiger partial charge < -0.3 is 10.4 Å². The summed E-state index contributed by atoms with van der Waals surface area (Å²) in [5.74, 6) is -0.574. The van der Waals surface area contributed by atoms with Crippen molar-refractivity contribution in [2.45, 2.75) is 52.3 Å². The summed E-state index contributed by atoms with van der Waals surface area (Å²) in [6.45, 7) is 4.37. The van der Waals surface area contributed by atoms with Crippen LogP contribution in [0.5, 0.6) is 0 Å². The van der Waals surface area contributed by atoms with Crippen molar-refractivity contribution < 1.29 is 23.1 Å². The van der Waals surface area contributed by atoms with E-state index in [0.29, 0.717) is 12.8 Å². The van der Waals surface area contributed by atoms with E-state index in [1.807, 2.05) is 26.1 Å². The van der Waals surface area contributed by atoms with E-state index in [4.69, 9.17) is 0 Å². The highest BCUT2D eigenvalue weighted by atomic mass is 19.4. The molecule has 2 fully saturated rings. The Morgan fingerprint density at radius 1 is 1.32 bits per heavy atom. The lowest BCUT2D eigenvalue weighted by atomic mass is 9.64. The number of carbonyl (C=O) groups is 1. The lowest BCUT2D eigenvalue weighted by Gasteiger charge is -2.40. The molecule has 0 aromatic rings. The number of fused-ring (bicyclic) bond motifs is 2. The molecule has 0 heterocycles. The van der Waals surface area contributed by atoms with Crippen molar-refractivity contribution in [3.05, 3.63) is 0 Å². The van der Waals surface area contributed by atoms with Crippen LogP contribution in [0.3, 0.4) is 0 Å². The Labute approximate surface area is 110 Å². The second-order valence-electron chi connectivity index (χ2n) is 6.64. The van der Waals surface area contributed by atoms with Crippen molar-refractivity contribution in [1.82, 2.24) is 5.32 Å². The van der Waals surface area contributed by atoms with E-state index < -0.39 is 41.0 Å². The second-order valence-corrected chi connectivity index (χ2v) is 6.64. The molecule has 2 bridgehead atoms. The molecule has 3 atom stereocenters. The largest absolute Gasteiger partial charge is 0.405 e. The summed E-state index contributed by atoms with van der Waals surface area (Å²) in [7, 11) is 0. The molecule has 1 amide bonds. The number of alkyl halides is 3. The van der Waals surface area contributed by atoms with Gasteiger partial charge in [-0.1, -0.05) is 20.8 Å². The SMILES string of the molecule is CC1(C)[C@@]2(C(=O)NCC(F)(F)F)CC[C@]1(C)[C@@H](O)C2. The molecular formula is C13H20F3NO2. The third kappa shape index (κ3) is 1.79. The predicted octanol–water partition coefficient (Wildman–Crippen LogP) is 2.24. The molecule has 6 heteroatoms. The number of aliphatic hydroxyl groups is 1. The average Bonchev–Trinajstić information content (AvgIpc) is 2.55. The van der Waals surface area contributed by atoms with Gasteiger partial charge in [0.25, 0.3) is 0 Å². The summed E-state index contributed by atoms with van der Waals surface area (Å²) in [6, 6.07) is 0. The first-order chi connectivity index (χ1) is 8.46. The molecule has 0 unspecified atom stereocenters. The van der Waals surface area contributed by atoms with Crippen LogP contribution in [0.1, 0.15) is 40.0 Å². The summed E-state index contributed by atoms with van der Waals surface area (Å²) in [5, 5.41) is 12.2. The number of nitrogens with one attached hydrogen (secondary N) is 1. The van der Waals surface area contributed by atoms with Crippen molar-refractivity contribution in [1.29, 1.82) is 0 Å². The minimum absolute atomic E-state index is 0.250. The Morgan fingerprint density at radius 2 is 1.89 bits per heavy atom. The topological polar surface area (TPSA) is 49.3 Å². The molecule has 2 saturated carbocycles. The molecule has 2 N–H and O–H groups in total. The standard InChI is InChI=1S/C13H20F3NO2/c1-10(2)11(3)4-5-12(10,6-8(11)18)9(19)17-7-13(14,15)16/h8,18H,4-7H2,1-3H3,(H,17,19)/t8-,11+,12-/m0/s1. The third-order valence-electron chi connectivity index (χ3n) is 5.86. The molecule has 0 aromatic heterocycles. The second kappa shape index (κ2) is 3.87. The Bertz CT molecular complexity index is 407. The van der Waals surface area contributed by atoms with Gasteiger partial charge in [-0.3, -0.25) is 4.79 Å². The van der Waals surface area contributed by atoms with Crippen LogP contribution in [-0.2, 0) is 4.79 Å². The van der Waals surface area contributed by atoms with Gasteiger partial charge in [0.15, 0.2) is 0 Å². The van der Waals surface area contributed by atoms with E-state index in [2.05, 4.69) is 0 Å². The molecule has 2 aliphatic carbocycles. The molecule has 2 aliphatic rings. The van der Waals surface area contributed by atoms with Gasteiger partial charge in [-0.15, -0.1) is 0 Å². The molecule has 0 radical (unpaired) electrons. The lowest BCUT2D eigenvalue weighted by molar-refractivity contribution is -0.148. The quantitative estimate of drug-likeness (QED) is 0.814. The summed E-state index contributed by atoms with van der Waals surface area (Å²) in [6.07, 6.45) is -3.58. The fourth-order valence-electron chi connectivity index (χ4n) is 3.98. The lowest BCUT2D eigenvalue weighted by Crippen LogP contribution is -2.48. The van der Waals surface area contributed by atoms with E-state index in [1.165, 1.54) is 0 Å². The molecule has 2 rings (SSSR count). The van der Waals surface area contributed by atoms with E-state index >= 15 is 0 Å². The van der Waals surface area contributed by atoms with Crippen LogP contribution in [-0.4, -0.2) is 29.8 Å². The van der Waals surface area contributed by atoms with E-state index in [9.17, 15) is 23.1 Å². The Hall–Kier alpha value is -0.780. The van der Waals surface area contributed by atoms with E-state index in [1.54, 1.807) is 0 Å². The fraction of sp³-hybridized carbons (Fsp3) is 0.923. The van der Waals surface area contributed by atoms with Crippen LogP contribution >= 0.6 is 0 Å². The first-order valence-electron chi connectivity index (χ1n) is 6.49. The molecule has 19 heavy (non-hydrogen) atoms. The maximum absolute atomic E-state index is 12.3. The van der Waals surface area contributed by atoms with Gasteiger partial charge in [-0.2, -0.15) is 13.2 Å². The third-order valence-corrected chi connectivity index (χ3v) is 5.86. The molecule has 0 aliphatic heterocycles. The molecule has 0 spiro atoms. The maximum atomic E-state index is 12.3. The van der Waals surface area contributed by atoms with E-state index in [0.717, 1.165) is 0 Å². The highest BCUT2D eigenvalue weighted by molar-refractivity contribution is 5.85. The molecule has 110 valence electrons. The fourth-order valence-corrected chi connectivity index (χ4v) is 3.98. The minimum atomic E-state index is -4.41. The summed E-state index contributed by atoms with van der Waals surface area (Å²) >= 11 is 0. The Balaban J connectivity index is 2.22. The van der Waals surface area contributed by atoms with Crippen LogP contribution in [0.25, 0.3) is 0 Å². The molecule has 0 saturated heterocycles. The number of carbonyl (C=O) groups excluding carboxylic acids is 1. The molecule has 3 nitrogen and oxygen atoms in total. The zero-order chi connectivity index (χ0) is 14.7. The molecular weight excluding hydrogens is 259 g/mol. The van der Waals surface area contributed by atoms with Crippen molar-refractivity contribution >= 4 is 5.91 Å². The number of halogens is 3. The van der Waals surface area contributed by atoms with Gasteiger partial charge in [0.2, 0.25) is 5.91 Å². The molecule has 0 aromatic carbocycles. The highest BCUT2D eigenvalue weighted by Gasteiger charge is 2.72. The zero-order valence-electron chi connectivity index (χ0n) is 11.4. The van der Waals surface area contributed by atoms with Crippen LogP contribution in [0.4, 0.5) is 13.2 Å². The van der Waals surface area contributed by atoms with Crippen molar-refractivity contribution in [2.24, 2.45) is 16.2 Å². The number of hydrogen-bond acceptors (Lipinski definition) is 2. The van der Waals surface area contributed by atoms with Gasteiger partial charge in [0, 0.05) is 0 Å². The van der Waals surface area contributed by atoms with Gasteiger partial charge >= 0.3 is 6.18 Å². The first-order valence-corrected chi connectivity index (χ1v) is 6.49. The van der Waals surface area contributed by atoms with Gasteiger partial charge in [0.05, 0.1) is 11.5 Å². The number of amides is 1. The summed E-state index contributed by atoms with van der Waals surface area (Å²) < 4.78 is 36.7. The van der Waals surface area contributed by atoms with Crippen molar-refractivity contribution in [3.8, 4) is 0 Å². The maximum Gasteiger partial charge on any atom is 0.405 e. The normalized spacial score (nSPS) is 40.5.